The monoisotopic (exact) mass is 337 g/mol. The van der Waals surface area contributed by atoms with Gasteiger partial charge in [0.1, 0.15) is 11.5 Å². The molecule has 0 aliphatic carbocycles. The van der Waals surface area contributed by atoms with E-state index in [2.05, 4.69) is 58.7 Å². The Morgan fingerprint density at radius 1 is 1.28 bits per heavy atom. The van der Waals surface area contributed by atoms with Crippen LogP contribution < -0.4 is 5.32 Å². The highest BCUT2D eigenvalue weighted by Gasteiger charge is 2.21. The molecule has 0 radical (unpaired) electrons. The van der Waals surface area contributed by atoms with Gasteiger partial charge in [0.2, 0.25) is 0 Å². The molecule has 1 aromatic carbocycles. The van der Waals surface area contributed by atoms with Crippen LogP contribution in [0.1, 0.15) is 36.3 Å². The summed E-state index contributed by atoms with van der Waals surface area (Å²) in [5.74, 6) is 2.90. The van der Waals surface area contributed by atoms with E-state index in [1.165, 1.54) is 5.56 Å². The number of hydrogen-bond acceptors (Lipinski definition) is 5. The zero-order valence-electron chi connectivity index (χ0n) is 14.7. The van der Waals surface area contributed by atoms with Crippen molar-refractivity contribution in [2.45, 2.75) is 52.2 Å². The molecule has 25 heavy (non-hydrogen) atoms. The number of rotatable bonds is 5. The fourth-order valence-corrected chi connectivity index (χ4v) is 3.18. The van der Waals surface area contributed by atoms with Gasteiger partial charge in [-0.25, -0.2) is 9.67 Å². The summed E-state index contributed by atoms with van der Waals surface area (Å²) in [6.07, 6.45) is 2.93. The van der Waals surface area contributed by atoms with Crippen LogP contribution >= 0.6 is 0 Å². The molecule has 0 saturated heterocycles. The Kier molecular flexibility index (Phi) is 4.36. The van der Waals surface area contributed by atoms with Gasteiger partial charge in [-0.1, -0.05) is 41.9 Å². The number of benzene rings is 1. The van der Waals surface area contributed by atoms with Crippen LogP contribution in [0.2, 0.25) is 0 Å². The van der Waals surface area contributed by atoms with Crippen molar-refractivity contribution in [1.82, 2.24) is 25.2 Å². The van der Waals surface area contributed by atoms with Gasteiger partial charge in [-0.05, 0) is 13.3 Å². The lowest BCUT2D eigenvalue weighted by molar-refractivity contribution is 0.325. The van der Waals surface area contributed by atoms with Crippen LogP contribution in [0.5, 0.6) is 0 Å². The second-order valence-corrected chi connectivity index (χ2v) is 6.64. The molecule has 3 aromatic rings. The summed E-state index contributed by atoms with van der Waals surface area (Å²) in [4.78, 5) is 4.56. The molecule has 1 atom stereocenters. The number of nitrogens with one attached hydrogen (secondary N) is 1. The molecule has 0 fully saturated rings. The minimum atomic E-state index is 0.381. The summed E-state index contributed by atoms with van der Waals surface area (Å²) in [5, 5.41) is 12.3. The molecule has 1 N–H and O–H groups in total. The summed E-state index contributed by atoms with van der Waals surface area (Å²) in [6.45, 7) is 5.71. The highest BCUT2D eigenvalue weighted by atomic mass is 16.5. The van der Waals surface area contributed by atoms with Crippen molar-refractivity contribution in [3.63, 3.8) is 0 Å². The van der Waals surface area contributed by atoms with Crippen molar-refractivity contribution >= 4 is 0 Å². The van der Waals surface area contributed by atoms with Crippen molar-refractivity contribution in [1.29, 1.82) is 0 Å². The summed E-state index contributed by atoms with van der Waals surface area (Å²) < 4.78 is 7.52. The number of aryl methyl sites for hydroxylation is 3. The third-order valence-electron chi connectivity index (χ3n) is 4.69. The molecule has 130 valence electrons. The van der Waals surface area contributed by atoms with E-state index in [1.54, 1.807) is 0 Å². The molecule has 0 saturated carbocycles. The van der Waals surface area contributed by atoms with Crippen molar-refractivity contribution in [2.75, 3.05) is 0 Å². The topological polar surface area (TPSA) is 68.8 Å². The molecule has 2 aromatic heterocycles. The third kappa shape index (κ3) is 3.49. The summed E-state index contributed by atoms with van der Waals surface area (Å²) in [5.41, 5.74) is 3.20. The largest absolute Gasteiger partial charge is 0.359 e. The average Bonchev–Trinajstić information content (AvgIpc) is 3.26. The second kappa shape index (κ2) is 6.80. The van der Waals surface area contributed by atoms with E-state index in [1.807, 2.05) is 10.7 Å². The summed E-state index contributed by atoms with van der Waals surface area (Å²) >= 11 is 0. The standard InChI is InChI=1S/C19H23N5O/c1-3-18-21-19-9-8-15(12-24(19)22-18)20-11-16-10-17(23-25-16)14-6-4-13(2)5-7-14/h4-7,10,15,20H,3,8-9,11-12H2,1-2H3/t15-/m0/s1. The van der Waals surface area contributed by atoms with Gasteiger partial charge >= 0.3 is 0 Å². The molecule has 3 heterocycles. The van der Waals surface area contributed by atoms with E-state index in [9.17, 15) is 0 Å². The predicted molar refractivity (Wildman–Crippen MR) is 95.0 cm³/mol. The Morgan fingerprint density at radius 2 is 2.12 bits per heavy atom. The summed E-state index contributed by atoms with van der Waals surface area (Å²) in [7, 11) is 0. The number of aromatic nitrogens is 4. The van der Waals surface area contributed by atoms with Gasteiger partial charge in [-0.3, -0.25) is 0 Å². The second-order valence-electron chi connectivity index (χ2n) is 6.64. The van der Waals surface area contributed by atoms with E-state index in [0.29, 0.717) is 12.6 Å². The molecular weight excluding hydrogens is 314 g/mol. The van der Waals surface area contributed by atoms with Crippen LogP contribution in [0.15, 0.2) is 34.9 Å². The van der Waals surface area contributed by atoms with Crippen LogP contribution in [0.4, 0.5) is 0 Å². The molecule has 1 aliphatic heterocycles. The minimum absolute atomic E-state index is 0.381. The average molecular weight is 337 g/mol. The van der Waals surface area contributed by atoms with Crippen LogP contribution in [-0.2, 0) is 25.9 Å². The molecule has 1 aliphatic rings. The fourth-order valence-electron chi connectivity index (χ4n) is 3.18. The smallest absolute Gasteiger partial charge is 0.151 e. The maximum Gasteiger partial charge on any atom is 0.151 e. The highest BCUT2D eigenvalue weighted by Crippen LogP contribution is 2.20. The summed E-state index contributed by atoms with van der Waals surface area (Å²) in [6, 6.07) is 10.7. The van der Waals surface area contributed by atoms with E-state index >= 15 is 0 Å². The Bertz CT molecular complexity index is 849. The number of nitrogens with zero attached hydrogens (tertiary/aromatic N) is 4. The lowest BCUT2D eigenvalue weighted by Crippen LogP contribution is -2.37. The Morgan fingerprint density at radius 3 is 2.92 bits per heavy atom. The minimum Gasteiger partial charge on any atom is -0.359 e. The Hall–Kier alpha value is -2.47. The van der Waals surface area contributed by atoms with Gasteiger partial charge in [-0.2, -0.15) is 5.10 Å². The van der Waals surface area contributed by atoms with Crippen molar-refractivity contribution in [2.24, 2.45) is 0 Å². The van der Waals surface area contributed by atoms with Gasteiger partial charge in [0.15, 0.2) is 11.6 Å². The molecule has 0 spiro atoms. The number of fused-ring (bicyclic) bond motifs is 1. The molecule has 4 rings (SSSR count). The first-order valence-corrected chi connectivity index (χ1v) is 8.90. The first-order chi connectivity index (χ1) is 12.2. The quantitative estimate of drug-likeness (QED) is 0.775. The first-order valence-electron chi connectivity index (χ1n) is 8.90. The maximum absolute atomic E-state index is 5.48. The van der Waals surface area contributed by atoms with Crippen LogP contribution in [0, 0.1) is 6.92 Å². The van der Waals surface area contributed by atoms with E-state index in [0.717, 1.165) is 54.5 Å². The molecule has 0 bridgehead atoms. The zero-order chi connectivity index (χ0) is 17.2. The van der Waals surface area contributed by atoms with Crippen LogP contribution in [-0.4, -0.2) is 26.0 Å². The van der Waals surface area contributed by atoms with Crippen LogP contribution in [0.3, 0.4) is 0 Å². The van der Waals surface area contributed by atoms with Crippen molar-refractivity contribution in [3.05, 3.63) is 53.3 Å². The fraction of sp³-hybridized carbons (Fsp3) is 0.421. The van der Waals surface area contributed by atoms with Gasteiger partial charge < -0.3 is 9.84 Å². The highest BCUT2D eigenvalue weighted by molar-refractivity contribution is 5.59. The molecular formula is C19H23N5O. The van der Waals surface area contributed by atoms with Gasteiger partial charge in [0.25, 0.3) is 0 Å². The van der Waals surface area contributed by atoms with Gasteiger partial charge in [0, 0.05) is 30.5 Å². The molecule has 0 unspecified atom stereocenters. The third-order valence-corrected chi connectivity index (χ3v) is 4.69. The van der Waals surface area contributed by atoms with E-state index in [4.69, 9.17) is 4.52 Å². The molecule has 6 nitrogen and oxygen atoms in total. The first kappa shape index (κ1) is 16.0. The molecule has 0 amide bonds. The number of hydrogen-bond donors (Lipinski definition) is 1. The maximum atomic E-state index is 5.48. The van der Waals surface area contributed by atoms with Crippen molar-refractivity contribution in [3.8, 4) is 11.3 Å². The molecule has 6 heteroatoms. The van der Waals surface area contributed by atoms with Gasteiger partial charge in [0.05, 0.1) is 13.1 Å². The Labute approximate surface area is 147 Å². The predicted octanol–water partition coefficient (Wildman–Crippen LogP) is 2.91. The SMILES string of the molecule is CCc1nc2n(n1)C[C@@H](NCc1cc(-c3ccc(C)cc3)no1)CC2. The zero-order valence-corrected chi connectivity index (χ0v) is 14.7. The van der Waals surface area contributed by atoms with Crippen LogP contribution in [0.25, 0.3) is 11.3 Å². The van der Waals surface area contributed by atoms with E-state index in [-0.39, 0.29) is 0 Å². The van der Waals surface area contributed by atoms with Gasteiger partial charge in [-0.15, -0.1) is 0 Å². The normalized spacial score (nSPS) is 16.8. The lowest BCUT2D eigenvalue weighted by Gasteiger charge is -2.23. The lowest BCUT2D eigenvalue weighted by atomic mass is 10.1. The Balaban J connectivity index is 1.37. The van der Waals surface area contributed by atoms with E-state index < -0.39 is 0 Å². The van der Waals surface area contributed by atoms with Crippen molar-refractivity contribution < 1.29 is 4.52 Å².